The molecule has 3 rings (SSSR count). The molecule has 0 bridgehead atoms. The second kappa shape index (κ2) is 9.58. The lowest BCUT2D eigenvalue weighted by molar-refractivity contribution is 0.954. The van der Waals surface area contributed by atoms with Gasteiger partial charge in [0.15, 0.2) is 5.82 Å². The van der Waals surface area contributed by atoms with Gasteiger partial charge in [0.2, 0.25) is 5.95 Å². The molecule has 0 aliphatic rings. The van der Waals surface area contributed by atoms with Gasteiger partial charge in [-0.3, -0.25) is 5.01 Å². The third kappa shape index (κ3) is 5.24. The number of rotatable bonds is 9. The highest BCUT2D eigenvalue weighted by Gasteiger charge is 2.13. The van der Waals surface area contributed by atoms with Crippen LogP contribution in [0.2, 0.25) is 0 Å². The molecular weight excluding hydrogens is 368 g/mol. The van der Waals surface area contributed by atoms with Gasteiger partial charge in [-0.05, 0) is 54.8 Å². The van der Waals surface area contributed by atoms with Crippen LogP contribution in [0.25, 0.3) is 0 Å². The molecule has 9 heteroatoms. The topological polar surface area (TPSA) is 149 Å². The Morgan fingerprint density at radius 1 is 1.07 bits per heavy atom. The first-order chi connectivity index (χ1) is 14.1. The number of benzene rings is 2. The second-order valence-corrected chi connectivity index (χ2v) is 6.48. The Morgan fingerprint density at radius 2 is 1.86 bits per heavy atom. The van der Waals surface area contributed by atoms with Crippen molar-refractivity contribution in [1.82, 2.24) is 9.97 Å². The average molecular weight is 392 g/mol. The highest BCUT2D eigenvalue weighted by Crippen LogP contribution is 2.27. The lowest BCUT2D eigenvalue weighted by Crippen LogP contribution is -2.27. The van der Waals surface area contributed by atoms with E-state index in [1.165, 1.54) is 11.2 Å². The van der Waals surface area contributed by atoms with E-state index in [2.05, 4.69) is 20.5 Å². The van der Waals surface area contributed by atoms with E-state index in [0.29, 0.717) is 36.1 Å². The number of nitroso groups, excluding NO2 is 1. The van der Waals surface area contributed by atoms with Gasteiger partial charge >= 0.3 is 0 Å². The van der Waals surface area contributed by atoms with E-state index in [9.17, 15) is 4.91 Å². The number of aromatic nitrogens is 2. The lowest BCUT2D eigenvalue weighted by atomic mass is 10.1. The molecule has 0 atom stereocenters. The molecule has 2 aromatic carbocycles. The Balaban J connectivity index is 1.80. The first-order valence-corrected chi connectivity index (χ1v) is 9.22. The SMILES string of the molecule is NCCc1ccc(Nc2ncc(N)c(N(N)c3cccc(CCN=O)c3)n2)cc1. The summed E-state index contributed by atoms with van der Waals surface area (Å²) in [4.78, 5) is 19.1. The molecule has 0 unspecified atom stereocenters. The number of hydrogen-bond donors (Lipinski definition) is 4. The van der Waals surface area contributed by atoms with Gasteiger partial charge < -0.3 is 16.8 Å². The molecule has 29 heavy (non-hydrogen) atoms. The molecule has 3 aromatic rings. The maximum atomic E-state index is 10.4. The Hall–Kier alpha value is -3.56. The van der Waals surface area contributed by atoms with Gasteiger partial charge in [-0.15, -0.1) is 0 Å². The van der Waals surface area contributed by atoms with Crippen molar-refractivity contribution in [3.8, 4) is 0 Å². The van der Waals surface area contributed by atoms with Crippen molar-refractivity contribution in [2.24, 2.45) is 16.8 Å². The molecule has 1 aromatic heterocycles. The number of nitrogens with zero attached hydrogens (tertiary/aromatic N) is 4. The van der Waals surface area contributed by atoms with E-state index in [1.54, 1.807) is 0 Å². The summed E-state index contributed by atoms with van der Waals surface area (Å²) in [5, 5.41) is 7.44. The maximum Gasteiger partial charge on any atom is 0.229 e. The van der Waals surface area contributed by atoms with Gasteiger partial charge in [-0.1, -0.05) is 29.4 Å². The van der Waals surface area contributed by atoms with Crippen LogP contribution in [-0.4, -0.2) is 23.1 Å². The first-order valence-electron chi connectivity index (χ1n) is 9.22. The minimum absolute atomic E-state index is 0.210. The van der Waals surface area contributed by atoms with Crippen LogP contribution in [0.4, 0.5) is 28.8 Å². The van der Waals surface area contributed by atoms with Crippen LogP contribution in [0.3, 0.4) is 0 Å². The minimum atomic E-state index is 0.210. The summed E-state index contributed by atoms with van der Waals surface area (Å²) in [5.41, 5.74) is 15.6. The summed E-state index contributed by atoms with van der Waals surface area (Å²) in [7, 11) is 0. The van der Waals surface area contributed by atoms with Crippen molar-refractivity contribution < 1.29 is 0 Å². The molecule has 1 heterocycles. The van der Waals surface area contributed by atoms with Crippen LogP contribution in [-0.2, 0) is 12.8 Å². The van der Waals surface area contributed by atoms with Gasteiger partial charge in [0.05, 0.1) is 24.1 Å². The van der Waals surface area contributed by atoms with E-state index >= 15 is 0 Å². The molecule has 0 saturated carbocycles. The summed E-state index contributed by atoms with van der Waals surface area (Å²) >= 11 is 0. The number of hydrogen-bond acceptors (Lipinski definition) is 9. The summed E-state index contributed by atoms with van der Waals surface area (Å²) in [5.74, 6) is 7.01. The van der Waals surface area contributed by atoms with Crippen molar-refractivity contribution in [2.75, 3.05) is 29.1 Å². The van der Waals surface area contributed by atoms with E-state index in [0.717, 1.165) is 23.2 Å². The number of anilines is 5. The lowest BCUT2D eigenvalue weighted by Gasteiger charge is -2.20. The zero-order valence-electron chi connectivity index (χ0n) is 16.0. The van der Waals surface area contributed by atoms with Crippen LogP contribution >= 0.6 is 0 Å². The van der Waals surface area contributed by atoms with Gasteiger partial charge in [-0.25, -0.2) is 10.8 Å². The Labute approximate surface area is 168 Å². The monoisotopic (exact) mass is 392 g/mol. The number of nitrogens with one attached hydrogen (secondary N) is 1. The van der Waals surface area contributed by atoms with Gasteiger partial charge in [0.1, 0.15) is 0 Å². The molecule has 150 valence electrons. The zero-order valence-corrected chi connectivity index (χ0v) is 16.0. The van der Waals surface area contributed by atoms with E-state index < -0.39 is 0 Å². The highest BCUT2D eigenvalue weighted by atomic mass is 16.3. The standard InChI is InChI=1S/C20H24N8O/c21-10-8-14-4-6-16(7-5-14)26-20-24-13-18(22)19(27-20)28(23)17-3-1-2-15(12-17)9-11-25-29/h1-7,12-13H,8-11,21-23H2,(H,24,26,27). The second-order valence-electron chi connectivity index (χ2n) is 6.48. The van der Waals surface area contributed by atoms with Crippen molar-refractivity contribution in [1.29, 1.82) is 0 Å². The fraction of sp³-hybridized carbons (Fsp3) is 0.200. The van der Waals surface area contributed by atoms with Crippen molar-refractivity contribution in [2.45, 2.75) is 12.8 Å². The van der Waals surface area contributed by atoms with Crippen LogP contribution in [0.1, 0.15) is 11.1 Å². The number of nitrogens with two attached hydrogens (primary N) is 3. The van der Waals surface area contributed by atoms with E-state index in [4.69, 9.17) is 17.3 Å². The van der Waals surface area contributed by atoms with Crippen molar-refractivity contribution >= 4 is 28.8 Å². The summed E-state index contributed by atoms with van der Waals surface area (Å²) in [6.07, 6.45) is 2.87. The van der Waals surface area contributed by atoms with Gasteiger partial charge in [0.25, 0.3) is 0 Å². The quantitative estimate of drug-likeness (QED) is 0.247. The largest absolute Gasteiger partial charge is 0.394 e. The summed E-state index contributed by atoms with van der Waals surface area (Å²) < 4.78 is 0. The summed E-state index contributed by atoms with van der Waals surface area (Å²) in [6, 6.07) is 15.4. The molecule has 7 N–H and O–H groups in total. The Bertz CT molecular complexity index is 961. The minimum Gasteiger partial charge on any atom is -0.394 e. The van der Waals surface area contributed by atoms with E-state index in [1.807, 2.05) is 48.5 Å². The maximum absolute atomic E-state index is 10.4. The molecule has 0 fully saturated rings. The molecular formula is C20H24N8O. The fourth-order valence-electron chi connectivity index (χ4n) is 2.84. The molecule has 0 radical (unpaired) electrons. The van der Waals surface area contributed by atoms with Crippen molar-refractivity contribution in [3.63, 3.8) is 0 Å². The van der Waals surface area contributed by atoms with Gasteiger partial charge in [-0.2, -0.15) is 9.89 Å². The number of hydrazine groups is 1. The van der Waals surface area contributed by atoms with Gasteiger partial charge in [0, 0.05) is 5.69 Å². The number of nitrogen functional groups attached to an aromatic ring is 1. The predicted molar refractivity (Wildman–Crippen MR) is 116 cm³/mol. The molecule has 0 amide bonds. The van der Waals surface area contributed by atoms with Crippen LogP contribution in [0.5, 0.6) is 0 Å². The van der Waals surface area contributed by atoms with Crippen LogP contribution in [0.15, 0.2) is 59.9 Å². The first kappa shape index (κ1) is 20.2. The Kier molecular flexibility index (Phi) is 6.67. The normalized spacial score (nSPS) is 10.6. The highest BCUT2D eigenvalue weighted by molar-refractivity contribution is 5.71. The van der Waals surface area contributed by atoms with Crippen LogP contribution in [0, 0.1) is 4.91 Å². The van der Waals surface area contributed by atoms with Crippen molar-refractivity contribution in [3.05, 3.63) is 70.8 Å². The zero-order chi connectivity index (χ0) is 20.6. The third-order valence-corrected chi connectivity index (χ3v) is 4.35. The molecule has 0 spiro atoms. The molecule has 0 aliphatic carbocycles. The Morgan fingerprint density at radius 3 is 2.59 bits per heavy atom. The molecule has 0 saturated heterocycles. The molecule has 0 aliphatic heterocycles. The fourth-order valence-corrected chi connectivity index (χ4v) is 2.84. The third-order valence-electron chi connectivity index (χ3n) is 4.35. The smallest absolute Gasteiger partial charge is 0.229 e. The predicted octanol–water partition coefficient (Wildman–Crippen LogP) is 2.62. The van der Waals surface area contributed by atoms with E-state index in [-0.39, 0.29) is 6.54 Å². The summed E-state index contributed by atoms with van der Waals surface area (Å²) in [6.45, 7) is 0.818. The average Bonchev–Trinajstić information content (AvgIpc) is 2.75. The van der Waals surface area contributed by atoms with Crippen LogP contribution < -0.4 is 27.6 Å². The molecule has 9 nitrogen and oxygen atoms in total.